The highest BCUT2D eigenvalue weighted by Crippen LogP contribution is 2.35. The summed E-state index contributed by atoms with van der Waals surface area (Å²) in [6.45, 7) is 2.79. The molecule has 0 fully saturated rings. The first-order valence-electron chi connectivity index (χ1n) is 2.23. The summed E-state index contributed by atoms with van der Waals surface area (Å²) < 4.78 is 44.0. The Hall–Kier alpha value is -0.410. The molecule has 1 atom stereocenters. The van der Waals surface area contributed by atoms with Crippen LogP contribution in [0.1, 0.15) is 6.42 Å². The fourth-order valence-electron chi connectivity index (χ4n) is 0.299. The van der Waals surface area contributed by atoms with Crippen LogP contribution in [0.3, 0.4) is 0 Å². The van der Waals surface area contributed by atoms with Crippen LogP contribution in [0.4, 0.5) is 13.2 Å². The lowest BCUT2D eigenvalue weighted by Gasteiger charge is -1.99. The maximum atomic E-state index is 11.4. The van der Waals surface area contributed by atoms with Crippen molar-refractivity contribution >= 4 is 8.03 Å². The molecule has 0 saturated carbocycles. The fourth-order valence-corrected chi connectivity index (χ4v) is 0.614. The minimum atomic E-state index is -4.44. The summed E-state index contributed by atoms with van der Waals surface area (Å²) in [6, 6.07) is 0. The molecule has 0 aliphatic rings. The van der Waals surface area contributed by atoms with Gasteiger partial charge >= 0.3 is 14.2 Å². The van der Waals surface area contributed by atoms with Crippen molar-refractivity contribution in [1.29, 1.82) is 0 Å². The SMILES string of the molecule is C=C(CC(F)(F)F)[P+](=O)O. The lowest BCUT2D eigenvalue weighted by Crippen LogP contribution is -2.06. The summed E-state index contributed by atoms with van der Waals surface area (Å²) in [5, 5.41) is -0.692. The molecule has 10 heavy (non-hydrogen) atoms. The minimum Gasteiger partial charge on any atom is -0.171 e. The van der Waals surface area contributed by atoms with E-state index >= 15 is 0 Å². The molecule has 0 aromatic rings. The Kier molecular flexibility index (Phi) is 2.99. The third kappa shape index (κ3) is 4.47. The lowest BCUT2D eigenvalue weighted by atomic mass is 10.4. The summed E-state index contributed by atoms with van der Waals surface area (Å²) in [4.78, 5) is 8.09. The van der Waals surface area contributed by atoms with E-state index < -0.39 is 25.9 Å². The van der Waals surface area contributed by atoms with E-state index in [1.165, 1.54) is 0 Å². The molecule has 0 aliphatic heterocycles. The monoisotopic (exact) mass is 173 g/mol. The first-order chi connectivity index (χ1) is 4.33. The number of hydrogen-bond donors (Lipinski definition) is 1. The molecule has 0 heterocycles. The van der Waals surface area contributed by atoms with Crippen LogP contribution >= 0.6 is 8.03 Å². The molecule has 1 N–H and O–H groups in total. The summed E-state index contributed by atoms with van der Waals surface area (Å²) in [5.41, 5.74) is 0. The van der Waals surface area contributed by atoms with Gasteiger partial charge in [0.2, 0.25) is 5.31 Å². The maximum Gasteiger partial charge on any atom is 0.541 e. The Bertz CT molecular complexity index is 162. The molecule has 0 aromatic heterocycles. The molecule has 0 bridgehead atoms. The van der Waals surface area contributed by atoms with Crippen molar-refractivity contribution in [2.24, 2.45) is 0 Å². The number of halogens is 3. The summed E-state index contributed by atoms with van der Waals surface area (Å²) in [6.07, 6.45) is -5.83. The van der Waals surface area contributed by atoms with Crippen molar-refractivity contribution in [2.75, 3.05) is 0 Å². The number of rotatable bonds is 2. The largest absolute Gasteiger partial charge is 0.541 e. The molecule has 0 spiro atoms. The third-order valence-electron chi connectivity index (χ3n) is 0.675. The van der Waals surface area contributed by atoms with Gasteiger partial charge in [0.05, 0.1) is 0 Å². The van der Waals surface area contributed by atoms with Crippen LogP contribution in [0, 0.1) is 0 Å². The summed E-state index contributed by atoms with van der Waals surface area (Å²) in [7, 11) is -2.89. The second-order valence-corrected chi connectivity index (χ2v) is 2.81. The van der Waals surface area contributed by atoms with Crippen LogP contribution in [0.2, 0.25) is 0 Å². The third-order valence-corrected chi connectivity index (χ3v) is 1.37. The van der Waals surface area contributed by atoms with Crippen molar-refractivity contribution in [1.82, 2.24) is 0 Å². The normalized spacial score (nSPS) is 13.0. The standard InChI is InChI=1S/C4H4F3O2P/c1-3(10(8)9)2-4(5,6)7/h1-2H2/p+1. The predicted octanol–water partition coefficient (Wildman–Crippen LogP) is 2.19. The van der Waals surface area contributed by atoms with Gasteiger partial charge < -0.3 is 0 Å². The highest BCUT2D eigenvalue weighted by molar-refractivity contribution is 7.43. The zero-order chi connectivity index (χ0) is 8.36. The zero-order valence-corrected chi connectivity index (χ0v) is 5.75. The van der Waals surface area contributed by atoms with E-state index in [1.807, 2.05) is 0 Å². The summed E-state index contributed by atoms with van der Waals surface area (Å²) >= 11 is 0. The Morgan fingerprint density at radius 2 is 2.00 bits per heavy atom. The zero-order valence-electron chi connectivity index (χ0n) is 4.85. The van der Waals surface area contributed by atoms with E-state index in [4.69, 9.17) is 4.89 Å². The van der Waals surface area contributed by atoms with E-state index in [9.17, 15) is 17.7 Å². The van der Waals surface area contributed by atoms with Gasteiger partial charge in [-0.3, -0.25) is 0 Å². The molecular formula is C4H5F3O2P+. The van der Waals surface area contributed by atoms with Crippen LogP contribution in [-0.4, -0.2) is 11.1 Å². The molecule has 2 nitrogen and oxygen atoms in total. The number of allylic oxidation sites excluding steroid dienone is 1. The maximum absolute atomic E-state index is 11.4. The van der Waals surface area contributed by atoms with Crippen LogP contribution < -0.4 is 0 Å². The Morgan fingerprint density at radius 1 is 1.60 bits per heavy atom. The van der Waals surface area contributed by atoms with E-state index in [0.29, 0.717) is 0 Å². The first kappa shape index (κ1) is 9.59. The van der Waals surface area contributed by atoms with Gasteiger partial charge in [-0.1, -0.05) is 0 Å². The second-order valence-electron chi connectivity index (χ2n) is 1.63. The Balaban J connectivity index is 3.93. The van der Waals surface area contributed by atoms with E-state index in [2.05, 4.69) is 6.58 Å². The summed E-state index contributed by atoms with van der Waals surface area (Å²) in [5.74, 6) is 0. The average molecular weight is 173 g/mol. The second kappa shape index (κ2) is 3.12. The van der Waals surface area contributed by atoms with Gasteiger partial charge in [0.15, 0.2) is 0 Å². The lowest BCUT2D eigenvalue weighted by molar-refractivity contribution is -0.125. The fraction of sp³-hybridized carbons (Fsp3) is 0.500. The van der Waals surface area contributed by atoms with Crippen molar-refractivity contribution in [3.63, 3.8) is 0 Å². The van der Waals surface area contributed by atoms with Gasteiger partial charge in [-0.05, 0) is 11.1 Å². The van der Waals surface area contributed by atoms with Gasteiger partial charge in [-0.2, -0.15) is 18.1 Å². The van der Waals surface area contributed by atoms with E-state index in [0.717, 1.165) is 0 Å². The van der Waals surface area contributed by atoms with Crippen LogP contribution in [-0.2, 0) is 4.57 Å². The van der Waals surface area contributed by atoms with E-state index in [1.54, 1.807) is 0 Å². The predicted molar refractivity (Wildman–Crippen MR) is 29.6 cm³/mol. The molecular weight excluding hydrogens is 168 g/mol. The Morgan fingerprint density at radius 3 is 2.10 bits per heavy atom. The molecule has 0 aliphatic carbocycles. The smallest absolute Gasteiger partial charge is 0.171 e. The molecule has 1 unspecified atom stereocenters. The molecule has 6 heteroatoms. The topological polar surface area (TPSA) is 37.3 Å². The van der Waals surface area contributed by atoms with Crippen LogP contribution in [0.5, 0.6) is 0 Å². The van der Waals surface area contributed by atoms with E-state index in [-0.39, 0.29) is 0 Å². The van der Waals surface area contributed by atoms with Crippen molar-refractivity contribution in [2.45, 2.75) is 12.6 Å². The van der Waals surface area contributed by atoms with Gasteiger partial charge in [0.25, 0.3) is 0 Å². The average Bonchev–Trinajstić information content (AvgIpc) is 1.60. The van der Waals surface area contributed by atoms with Gasteiger partial charge in [0, 0.05) is 0 Å². The first-order valence-corrected chi connectivity index (χ1v) is 3.45. The molecule has 0 aromatic carbocycles. The molecule has 0 rings (SSSR count). The van der Waals surface area contributed by atoms with Crippen molar-refractivity contribution < 1.29 is 22.6 Å². The molecule has 58 valence electrons. The Labute approximate surface area is 56.2 Å². The highest BCUT2D eigenvalue weighted by atomic mass is 31.1. The van der Waals surface area contributed by atoms with Crippen LogP contribution in [0.15, 0.2) is 11.9 Å². The van der Waals surface area contributed by atoms with Gasteiger partial charge in [-0.15, -0.1) is 0 Å². The minimum absolute atomic E-state index is 0.692. The van der Waals surface area contributed by atoms with Crippen molar-refractivity contribution in [3.8, 4) is 0 Å². The molecule has 0 radical (unpaired) electrons. The number of alkyl halides is 3. The van der Waals surface area contributed by atoms with Gasteiger partial charge in [-0.25, -0.2) is 0 Å². The van der Waals surface area contributed by atoms with Gasteiger partial charge in [0.1, 0.15) is 6.42 Å². The molecule has 0 amide bonds. The molecule has 0 saturated heterocycles. The quantitative estimate of drug-likeness (QED) is 0.649. The highest BCUT2D eigenvalue weighted by Gasteiger charge is 2.35. The number of hydrogen-bond acceptors (Lipinski definition) is 1. The van der Waals surface area contributed by atoms with Crippen molar-refractivity contribution in [3.05, 3.63) is 11.9 Å². The van der Waals surface area contributed by atoms with Crippen LogP contribution in [0.25, 0.3) is 0 Å².